The molecule has 0 aliphatic carbocycles. The van der Waals surface area contributed by atoms with E-state index in [4.69, 9.17) is 38.4 Å². The summed E-state index contributed by atoms with van der Waals surface area (Å²) in [5.41, 5.74) is 0. The summed E-state index contributed by atoms with van der Waals surface area (Å²) in [7, 11) is -10.2. The van der Waals surface area contributed by atoms with Crippen molar-refractivity contribution in [3.8, 4) is 0 Å². The van der Waals surface area contributed by atoms with Crippen molar-refractivity contribution in [3.05, 3.63) is 0 Å². The van der Waals surface area contributed by atoms with Gasteiger partial charge >= 0.3 is 34.9 Å². The Kier molecular flexibility index (Phi) is 10.6. The smallest absolute Gasteiger partial charge is 0.894 e. The molecule has 11 heavy (non-hydrogen) atoms. The Morgan fingerprint density at radius 1 is 0.727 bits per heavy atom. The molecule has 0 aliphatic heterocycles. The third-order valence-corrected chi connectivity index (χ3v) is 0. The molecule has 0 bridgehead atoms. The summed E-state index contributed by atoms with van der Waals surface area (Å²) in [4.78, 5) is 63.6. The average Bonchev–Trinajstić information content (AvgIpc) is 1.12. The zero-order valence-electron chi connectivity index (χ0n) is 4.92. The number of rotatable bonds is 0. The molecule has 0 spiro atoms. The summed E-state index contributed by atoms with van der Waals surface area (Å²) in [6.45, 7) is 0. The molecule has 0 aliphatic rings. The Labute approximate surface area is 82.4 Å². The van der Waals surface area contributed by atoms with E-state index in [0.717, 1.165) is 0 Å². The quantitative estimate of drug-likeness (QED) is 0.306. The molecule has 0 atom stereocenters. The molecule has 0 aromatic rings. The molecular weight excluding hydrogens is 363 g/mol. The van der Waals surface area contributed by atoms with Crippen LogP contribution in [0, 0.1) is 0 Å². The van der Waals surface area contributed by atoms with Gasteiger partial charge in [-0.3, -0.25) is 0 Å². The van der Waals surface area contributed by atoms with E-state index in [0.29, 0.717) is 0 Å². The van der Waals surface area contributed by atoms with Gasteiger partial charge in [0.15, 0.2) is 0 Å². The van der Waals surface area contributed by atoms with Gasteiger partial charge in [0.1, 0.15) is 0 Å². The molecule has 11 heteroatoms. The fraction of sp³-hybridized carbons (Fsp3) is 0. The minimum absolute atomic E-state index is 0. The third kappa shape index (κ3) is 916. The maximum atomic E-state index is 8.58. The van der Waals surface area contributed by atoms with Crippen molar-refractivity contribution in [1.29, 1.82) is 0 Å². The first-order chi connectivity index (χ1) is 4.00. The van der Waals surface area contributed by atoms with E-state index in [2.05, 4.69) is 0 Å². The van der Waals surface area contributed by atoms with E-state index in [1.54, 1.807) is 0 Å². The molecule has 0 saturated heterocycles. The topological polar surface area (TPSA) is 173 Å². The van der Waals surface area contributed by atoms with Crippen LogP contribution in [0.1, 0.15) is 0 Å². The molecule has 0 unspecified atom stereocenters. The summed E-state index contributed by atoms with van der Waals surface area (Å²) in [5, 5.41) is 0. The van der Waals surface area contributed by atoms with E-state index in [-0.39, 0.29) is 25.8 Å². The minimum atomic E-state index is -5.61. The second kappa shape index (κ2) is 6.49. The van der Waals surface area contributed by atoms with Gasteiger partial charge in [-0.1, -0.05) is 0 Å². The van der Waals surface area contributed by atoms with Crippen LogP contribution in [0.2, 0.25) is 0 Å². The van der Waals surface area contributed by atoms with Crippen LogP contribution < -0.4 is 19.2 Å². The molecule has 0 amide bonds. The van der Waals surface area contributed by atoms with Crippen molar-refractivity contribution in [2.45, 2.75) is 0 Å². The number of hydrogen-bond donors (Lipinski definition) is 4. The maximum absolute atomic E-state index is 8.58. The zero-order chi connectivity index (χ0) is 9.00. The van der Waals surface area contributed by atoms with Crippen molar-refractivity contribution in [3.63, 3.8) is 0 Å². The van der Waals surface area contributed by atoms with Crippen molar-refractivity contribution in [1.82, 2.24) is 0 Å². The Bertz CT molecular complexity index is 55.1. The second-order valence-electron chi connectivity index (χ2n) is 1.10. The number of hydrogen-bond acceptors (Lipinski definition) is 8. The standard InChI is InChI=1S/Hf.H4O4Si.O4Si/c;2*1-5(2,3)4/h;1-4H;/q+4;;-4. The first-order valence-electron chi connectivity index (χ1n) is 1.71. The van der Waals surface area contributed by atoms with Crippen molar-refractivity contribution in [2.24, 2.45) is 0 Å². The third-order valence-electron chi connectivity index (χ3n) is 0. The van der Waals surface area contributed by atoms with Crippen LogP contribution in [0.25, 0.3) is 0 Å². The van der Waals surface area contributed by atoms with Crippen molar-refractivity contribution >= 4 is 18.1 Å². The summed E-state index contributed by atoms with van der Waals surface area (Å²) in [5.74, 6) is 0. The molecule has 0 radical (unpaired) electrons. The van der Waals surface area contributed by atoms with Gasteiger partial charge in [-0.25, -0.2) is 0 Å². The Morgan fingerprint density at radius 3 is 0.727 bits per heavy atom. The zero-order valence-corrected chi connectivity index (χ0v) is 10.5. The largest absolute Gasteiger partial charge is 4.00 e. The SMILES string of the molecule is O[Si](O)(O)O.[Hf+4].[O-][Si]([O-])([O-])[O-]. The predicted molar refractivity (Wildman–Crippen MR) is 20.4 cm³/mol. The van der Waals surface area contributed by atoms with Crippen LogP contribution in [0.5, 0.6) is 0 Å². The van der Waals surface area contributed by atoms with Crippen LogP contribution in [0.3, 0.4) is 0 Å². The van der Waals surface area contributed by atoms with E-state index >= 15 is 0 Å². The Balaban J connectivity index is -0.000000107. The van der Waals surface area contributed by atoms with Gasteiger partial charge in [-0.2, -0.15) is 0 Å². The van der Waals surface area contributed by atoms with E-state index in [1.807, 2.05) is 0 Å². The van der Waals surface area contributed by atoms with Crippen LogP contribution in [0.4, 0.5) is 0 Å². The van der Waals surface area contributed by atoms with Gasteiger partial charge in [0.2, 0.25) is 0 Å². The molecule has 0 rings (SSSR count). The fourth-order valence-corrected chi connectivity index (χ4v) is 0. The van der Waals surface area contributed by atoms with E-state index < -0.39 is 18.1 Å². The summed E-state index contributed by atoms with van der Waals surface area (Å²) < 4.78 is 0. The van der Waals surface area contributed by atoms with Gasteiger partial charge in [-0.15, -0.1) is 0 Å². The van der Waals surface area contributed by atoms with Crippen LogP contribution in [-0.2, 0) is 25.8 Å². The molecule has 0 heterocycles. The van der Waals surface area contributed by atoms with Gasteiger partial charge < -0.3 is 47.4 Å². The van der Waals surface area contributed by atoms with Crippen LogP contribution in [-0.4, -0.2) is 37.3 Å². The van der Waals surface area contributed by atoms with Crippen molar-refractivity contribution in [2.75, 3.05) is 0 Å². The monoisotopic (exact) mass is 368 g/mol. The van der Waals surface area contributed by atoms with Gasteiger partial charge in [0, 0.05) is 0 Å². The Morgan fingerprint density at radius 2 is 0.727 bits per heavy atom. The van der Waals surface area contributed by atoms with E-state index in [1.165, 1.54) is 0 Å². The molecule has 8 nitrogen and oxygen atoms in total. The van der Waals surface area contributed by atoms with Crippen molar-refractivity contribution < 1.29 is 64.2 Å². The van der Waals surface area contributed by atoms with Crippen LogP contribution in [0.15, 0.2) is 0 Å². The molecular formula is H4HfO8Si2. The summed E-state index contributed by atoms with van der Waals surface area (Å²) >= 11 is 0. The minimum Gasteiger partial charge on any atom is -0.894 e. The van der Waals surface area contributed by atoms with E-state index in [9.17, 15) is 0 Å². The Hall–Kier alpha value is 0.984. The fourth-order valence-electron chi connectivity index (χ4n) is 0. The normalized spacial score (nSPS) is 10.9. The summed E-state index contributed by atoms with van der Waals surface area (Å²) in [6.07, 6.45) is 0. The average molecular weight is 367 g/mol. The molecule has 0 saturated carbocycles. The van der Waals surface area contributed by atoms with Crippen LogP contribution >= 0.6 is 0 Å². The van der Waals surface area contributed by atoms with Gasteiger partial charge in [0.05, 0.1) is 0 Å². The predicted octanol–water partition coefficient (Wildman–Crippen LogP) is -7.75. The first kappa shape index (κ1) is 17.9. The molecule has 0 aromatic carbocycles. The molecule has 0 aromatic heterocycles. The second-order valence-corrected chi connectivity index (χ2v) is 3.30. The maximum Gasteiger partial charge on any atom is 4.00 e. The van der Waals surface area contributed by atoms with Gasteiger partial charge in [0.25, 0.3) is 0 Å². The first-order valence-corrected chi connectivity index (χ1v) is 5.13. The molecule has 0 fully saturated rings. The molecule has 64 valence electrons. The summed E-state index contributed by atoms with van der Waals surface area (Å²) in [6, 6.07) is 0. The van der Waals surface area contributed by atoms with Gasteiger partial charge in [-0.05, 0) is 0 Å². The molecule has 4 N–H and O–H groups in total.